The Morgan fingerprint density at radius 1 is 1.29 bits per heavy atom. The Hall–Kier alpha value is -0.730. The Bertz CT molecular complexity index is 252. The Kier molecular flexibility index (Phi) is 2.02. The van der Waals surface area contributed by atoms with Crippen LogP contribution in [0.3, 0.4) is 0 Å². The lowest BCUT2D eigenvalue weighted by atomic mass is 10.0. The molecule has 0 aromatic carbocycles. The summed E-state index contributed by atoms with van der Waals surface area (Å²) in [4.78, 5) is 4.44. The molecule has 0 saturated heterocycles. The van der Waals surface area contributed by atoms with Gasteiger partial charge < -0.3 is 10.6 Å². The summed E-state index contributed by atoms with van der Waals surface area (Å²) in [6.07, 6.45) is 1.16. The third kappa shape index (κ3) is 1.30. The van der Waals surface area contributed by atoms with E-state index < -0.39 is 0 Å². The van der Waals surface area contributed by atoms with Gasteiger partial charge in [-0.25, -0.2) is 0 Å². The molecule has 0 amide bonds. The molecule has 0 atom stereocenters. The minimum absolute atomic E-state index is 0.384. The summed E-state index contributed by atoms with van der Waals surface area (Å²) < 4.78 is 0. The van der Waals surface area contributed by atoms with Crippen molar-refractivity contribution in [1.29, 1.82) is 0 Å². The largest absolute Gasteiger partial charge is 0.356 e. The molecule has 1 aliphatic heterocycles. The molecule has 1 fully saturated rings. The Morgan fingerprint density at radius 2 is 1.93 bits per heavy atom. The van der Waals surface area contributed by atoms with E-state index in [0.717, 1.165) is 25.5 Å². The van der Waals surface area contributed by atoms with E-state index >= 15 is 0 Å². The Balaban J connectivity index is 1.97. The summed E-state index contributed by atoms with van der Waals surface area (Å²) >= 11 is 0. The van der Waals surface area contributed by atoms with Crippen molar-refractivity contribution in [3.05, 3.63) is 0 Å². The van der Waals surface area contributed by atoms with Crippen LogP contribution < -0.4 is 10.6 Å². The topological polar surface area (TPSA) is 36.4 Å². The third-order valence-corrected chi connectivity index (χ3v) is 4.20. The second-order valence-corrected chi connectivity index (χ2v) is 5.53. The minimum Gasteiger partial charge on any atom is -0.356 e. The maximum Gasteiger partial charge on any atom is 0.191 e. The van der Waals surface area contributed by atoms with E-state index in [4.69, 9.17) is 0 Å². The summed E-state index contributed by atoms with van der Waals surface area (Å²) in [5.41, 5.74) is 0.767. The molecule has 1 saturated carbocycles. The fourth-order valence-electron chi connectivity index (χ4n) is 2.32. The van der Waals surface area contributed by atoms with Gasteiger partial charge in [0.2, 0.25) is 0 Å². The maximum absolute atomic E-state index is 4.44. The van der Waals surface area contributed by atoms with Crippen molar-refractivity contribution in [3.8, 4) is 0 Å². The fraction of sp³-hybridized carbons (Fsp3) is 0.909. The maximum atomic E-state index is 4.44. The van der Waals surface area contributed by atoms with Crippen molar-refractivity contribution in [3.63, 3.8) is 0 Å². The van der Waals surface area contributed by atoms with Gasteiger partial charge in [0.1, 0.15) is 0 Å². The number of guanidine groups is 1. The van der Waals surface area contributed by atoms with Crippen LogP contribution in [0, 0.1) is 10.8 Å². The van der Waals surface area contributed by atoms with Crippen LogP contribution in [-0.4, -0.2) is 25.1 Å². The van der Waals surface area contributed by atoms with Crippen LogP contribution in [-0.2, 0) is 0 Å². The molecule has 3 heteroatoms. The van der Waals surface area contributed by atoms with Crippen molar-refractivity contribution >= 4 is 5.96 Å². The third-order valence-electron chi connectivity index (χ3n) is 4.20. The molecule has 0 spiro atoms. The molecule has 3 nitrogen and oxygen atoms in total. The van der Waals surface area contributed by atoms with Crippen molar-refractivity contribution in [1.82, 2.24) is 10.6 Å². The summed E-state index contributed by atoms with van der Waals surface area (Å²) in [5.74, 6) is 1.000. The molecular weight excluding hydrogens is 174 g/mol. The molecule has 0 aromatic rings. The van der Waals surface area contributed by atoms with Gasteiger partial charge in [0.25, 0.3) is 0 Å². The lowest BCUT2D eigenvalue weighted by Crippen LogP contribution is -2.43. The molecule has 1 aliphatic carbocycles. The molecule has 2 N–H and O–H groups in total. The minimum atomic E-state index is 0.384. The summed E-state index contributed by atoms with van der Waals surface area (Å²) in [7, 11) is 0. The van der Waals surface area contributed by atoms with E-state index in [0.29, 0.717) is 16.9 Å². The van der Waals surface area contributed by atoms with Crippen molar-refractivity contribution in [2.24, 2.45) is 15.8 Å². The first kappa shape index (κ1) is 9.81. The fourth-order valence-corrected chi connectivity index (χ4v) is 2.32. The summed E-state index contributed by atoms with van der Waals surface area (Å²) in [6, 6.07) is 0.555. The van der Waals surface area contributed by atoms with Gasteiger partial charge in [-0.3, -0.25) is 4.99 Å². The second-order valence-electron chi connectivity index (χ2n) is 5.53. The highest BCUT2D eigenvalue weighted by Crippen LogP contribution is 2.62. The molecule has 1 heterocycles. The summed E-state index contributed by atoms with van der Waals surface area (Å²) in [5, 5.41) is 6.82. The van der Waals surface area contributed by atoms with Gasteiger partial charge in [-0.2, -0.15) is 0 Å². The number of hydrogen-bond donors (Lipinski definition) is 2. The molecule has 0 aromatic heterocycles. The average molecular weight is 195 g/mol. The number of nitrogens with one attached hydrogen (secondary N) is 2. The molecule has 2 aliphatic rings. The van der Waals surface area contributed by atoms with E-state index in [9.17, 15) is 0 Å². The molecule has 14 heavy (non-hydrogen) atoms. The van der Waals surface area contributed by atoms with Crippen molar-refractivity contribution < 1.29 is 0 Å². The molecule has 0 bridgehead atoms. The quantitative estimate of drug-likeness (QED) is 0.663. The highest BCUT2D eigenvalue weighted by atomic mass is 15.2. The first-order chi connectivity index (χ1) is 6.46. The van der Waals surface area contributed by atoms with E-state index in [1.807, 2.05) is 0 Å². The molecule has 2 rings (SSSR count). The zero-order chi connectivity index (χ0) is 10.4. The van der Waals surface area contributed by atoms with Crippen LogP contribution in [0.25, 0.3) is 0 Å². The Labute approximate surface area is 86.4 Å². The first-order valence-electron chi connectivity index (χ1n) is 5.51. The van der Waals surface area contributed by atoms with E-state index in [-0.39, 0.29) is 0 Å². The van der Waals surface area contributed by atoms with Gasteiger partial charge in [0, 0.05) is 19.1 Å². The molecular formula is C11H21N3. The highest BCUT2D eigenvalue weighted by Gasteiger charge is 2.65. The lowest BCUT2D eigenvalue weighted by molar-refractivity contribution is 0.457. The number of aliphatic imine (C=N–C) groups is 1. The standard InChI is InChI=1S/C11H21N3/c1-10(2)8(11(10,3)4)14-9-12-6-5-7-13-9/h8H,5-7H2,1-4H3,(H2,12,13,14). The van der Waals surface area contributed by atoms with Crippen molar-refractivity contribution in [2.75, 3.05) is 13.1 Å². The van der Waals surface area contributed by atoms with Gasteiger partial charge in [0.15, 0.2) is 5.96 Å². The van der Waals surface area contributed by atoms with E-state index in [1.54, 1.807) is 0 Å². The number of rotatable bonds is 1. The van der Waals surface area contributed by atoms with E-state index in [1.165, 1.54) is 0 Å². The van der Waals surface area contributed by atoms with Gasteiger partial charge in [-0.05, 0) is 17.3 Å². The van der Waals surface area contributed by atoms with Gasteiger partial charge >= 0.3 is 0 Å². The highest BCUT2D eigenvalue weighted by molar-refractivity contribution is 5.81. The number of nitrogens with zero attached hydrogens (tertiary/aromatic N) is 1. The van der Waals surface area contributed by atoms with Crippen molar-refractivity contribution in [2.45, 2.75) is 40.2 Å². The normalized spacial score (nSPS) is 29.0. The molecule has 0 unspecified atom stereocenters. The van der Waals surface area contributed by atoms with Crippen LogP contribution in [0.15, 0.2) is 4.99 Å². The van der Waals surface area contributed by atoms with Crippen LogP contribution in [0.4, 0.5) is 0 Å². The zero-order valence-corrected chi connectivity index (χ0v) is 9.65. The zero-order valence-electron chi connectivity index (χ0n) is 9.65. The number of hydrogen-bond acceptors (Lipinski definition) is 3. The smallest absolute Gasteiger partial charge is 0.191 e. The van der Waals surface area contributed by atoms with Crippen LogP contribution >= 0.6 is 0 Å². The van der Waals surface area contributed by atoms with Gasteiger partial charge in [-0.15, -0.1) is 0 Å². The monoisotopic (exact) mass is 195 g/mol. The van der Waals surface area contributed by atoms with E-state index in [2.05, 4.69) is 43.3 Å². The predicted molar refractivity (Wildman–Crippen MR) is 59.4 cm³/mol. The summed E-state index contributed by atoms with van der Waals surface area (Å²) in [6.45, 7) is 11.3. The van der Waals surface area contributed by atoms with Gasteiger partial charge in [0.05, 0.1) is 0 Å². The predicted octanol–water partition coefficient (Wildman–Crippen LogP) is 1.36. The first-order valence-corrected chi connectivity index (χ1v) is 5.51. The van der Waals surface area contributed by atoms with Crippen LogP contribution in [0.2, 0.25) is 0 Å². The van der Waals surface area contributed by atoms with Gasteiger partial charge in [-0.1, -0.05) is 27.7 Å². The molecule has 80 valence electrons. The molecule has 0 radical (unpaired) electrons. The average Bonchev–Trinajstić information content (AvgIpc) is 2.50. The lowest BCUT2D eigenvalue weighted by Gasteiger charge is -2.17. The van der Waals surface area contributed by atoms with Crippen LogP contribution in [0.1, 0.15) is 34.1 Å². The Morgan fingerprint density at radius 3 is 2.36 bits per heavy atom. The SMILES string of the molecule is CC1(C)C(NC2=NCCCN2)C1(C)C. The second kappa shape index (κ2) is 2.88. The van der Waals surface area contributed by atoms with Crippen LogP contribution in [0.5, 0.6) is 0 Å².